The van der Waals surface area contributed by atoms with Gasteiger partial charge >= 0.3 is 0 Å². The molecule has 0 aromatic rings. The van der Waals surface area contributed by atoms with Gasteiger partial charge in [-0.3, -0.25) is 4.21 Å². The molecular formula is C10H22NOS+. The van der Waals surface area contributed by atoms with Crippen molar-refractivity contribution < 1.29 is 8.69 Å². The highest BCUT2D eigenvalue weighted by Gasteiger charge is 2.27. The monoisotopic (exact) mass is 204 g/mol. The molecule has 0 bridgehead atoms. The molecule has 1 fully saturated rings. The van der Waals surface area contributed by atoms with Crippen molar-refractivity contribution in [1.82, 2.24) is 0 Å². The Bertz CT molecular complexity index is 181. The highest BCUT2D eigenvalue weighted by molar-refractivity contribution is 7.85. The number of rotatable bonds is 3. The number of hydrogen-bond donors (Lipinski definition) is 0. The molecule has 13 heavy (non-hydrogen) atoms. The van der Waals surface area contributed by atoms with E-state index in [1.807, 2.05) is 0 Å². The molecule has 0 amide bonds. The molecule has 1 saturated heterocycles. The van der Waals surface area contributed by atoms with Crippen molar-refractivity contribution in [1.29, 1.82) is 0 Å². The third-order valence-corrected chi connectivity index (χ3v) is 4.24. The molecular weight excluding hydrogens is 182 g/mol. The quantitative estimate of drug-likeness (QED) is 0.632. The summed E-state index contributed by atoms with van der Waals surface area (Å²) < 4.78 is 12.3. The van der Waals surface area contributed by atoms with Crippen LogP contribution in [-0.4, -0.2) is 46.9 Å². The Morgan fingerprint density at radius 1 is 1.31 bits per heavy atom. The SMILES string of the molecule is CC(C)CC[N+]1(C)CCS(=O)CC1. The Morgan fingerprint density at radius 2 is 1.85 bits per heavy atom. The summed E-state index contributed by atoms with van der Waals surface area (Å²) in [5, 5.41) is 0. The first-order valence-electron chi connectivity index (χ1n) is 5.20. The van der Waals surface area contributed by atoms with Gasteiger partial charge in [-0.25, -0.2) is 0 Å². The average molecular weight is 204 g/mol. The van der Waals surface area contributed by atoms with E-state index < -0.39 is 10.8 Å². The molecule has 0 unspecified atom stereocenters. The Hall–Kier alpha value is 0.110. The number of quaternary nitrogens is 1. The maximum Gasteiger partial charge on any atom is 0.0902 e. The molecule has 2 nitrogen and oxygen atoms in total. The summed E-state index contributed by atoms with van der Waals surface area (Å²) in [6, 6.07) is 0. The van der Waals surface area contributed by atoms with Gasteiger partial charge in [-0.15, -0.1) is 0 Å². The van der Waals surface area contributed by atoms with Gasteiger partial charge in [0.05, 0.1) is 38.2 Å². The van der Waals surface area contributed by atoms with E-state index in [1.54, 1.807) is 0 Å². The Morgan fingerprint density at radius 3 is 2.31 bits per heavy atom. The van der Waals surface area contributed by atoms with E-state index in [9.17, 15) is 4.21 Å². The molecule has 78 valence electrons. The lowest BCUT2D eigenvalue weighted by Crippen LogP contribution is -2.53. The van der Waals surface area contributed by atoms with E-state index in [0.717, 1.165) is 35.0 Å². The van der Waals surface area contributed by atoms with Crippen LogP contribution in [0.3, 0.4) is 0 Å². The fourth-order valence-electron chi connectivity index (χ4n) is 1.65. The van der Waals surface area contributed by atoms with E-state index in [2.05, 4.69) is 20.9 Å². The third kappa shape index (κ3) is 3.77. The van der Waals surface area contributed by atoms with Gasteiger partial charge in [0.25, 0.3) is 0 Å². The second kappa shape index (κ2) is 4.56. The molecule has 1 heterocycles. The lowest BCUT2D eigenvalue weighted by atomic mass is 10.1. The zero-order valence-corrected chi connectivity index (χ0v) is 9.90. The maximum absolute atomic E-state index is 11.2. The fraction of sp³-hybridized carbons (Fsp3) is 1.00. The van der Waals surface area contributed by atoms with Gasteiger partial charge in [-0.1, -0.05) is 13.8 Å². The van der Waals surface area contributed by atoms with Crippen molar-refractivity contribution in [3.05, 3.63) is 0 Å². The average Bonchev–Trinajstić information content (AvgIpc) is 2.08. The van der Waals surface area contributed by atoms with Crippen LogP contribution in [0.2, 0.25) is 0 Å². The summed E-state index contributed by atoms with van der Waals surface area (Å²) in [7, 11) is 1.79. The van der Waals surface area contributed by atoms with Crippen LogP contribution in [-0.2, 0) is 10.8 Å². The van der Waals surface area contributed by atoms with Crippen molar-refractivity contribution in [3.63, 3.8) is 0 Å². The Kier molecular flexibility index (Phi) is 3.92. The van der Waals surface area contributed by atoms with Crippen LogP contribution in [0.15, 0.2) is 0 Å². The molecule has 1 aliphatic heterocycles. The lowest BCUT2D eigenvalue weighted by molar-refractivity contribution is -0.906. The smallest absolute Gasteiger partial charge is 0.0902 e. The highest BCUT2D eigenvalue weighted by Crippen LogP contribution is 2.12. The first-order chi connectivity index (χ1) is 6.02. The van der Waals surface area contributed by atoms with E-state index >= 15 is 0 Å². The summed E-state index contributed by atoms with van der Waals surface area (Å²) in [4.78, 5) is 0. The first kappa shape index (κ1) is 11.2. The minimum absolute atomic E-state index is 0.517. The van der Waals surface area contributed by atoms with E-state index in [0.29, 0.717) is 0 Å². The van der Waals surface area contributed by atoms with Crippen LogP contribution in [0.1, 0.15) is 20.3 Å². The standard InChI is InChI=1S/C10H22NOS/c1-10(2)4-5-11(3)6-8-13(12)9-7-11/h10H,4-9H2,1-3H3/q+1. The first-order valence-corrected chi connectivity index (χ1v) is 6.69. The topological polar surface area (TPSA) is 17.1 Å². The second-order valence-electron chi connectivity index (χ2n) is 4.82. The predicted molar refractivity (Wildman–Crippen MR) is 58.1 cm³/mol. The van der Waals surface area contributed by atoms with E-state index in [1.165, 1.54) is 13.0 Å². The van der Waals surface area contributed by atoms with Crippen LogP contribution in [0.5, 0.6) is 0 Å². The van der Waals surface area contributed by atoms with Crippen LogP contribution in [0.4, 0.5) is 0 Å². The van der Waals surface area contributed by atoms with Crippen molar-refractivity contribution in [2.45, 2.75) is 20.3 Å². The van der Waals surface area contributed by atoms with Crippen molar-refractivity contribution in [2.75, 3.05) is 38.2 Å². The Labute approximate surface area is 84.4 Å². The fourth-order valence-corrected chi connectivity index (χ4v) is 3.14. The summed E-state index contributed by atoms with van der Waals surface area (Å²) in [6.45, 7) is 8.02. The number of hydrogen-bond acceptors (Lipinski definition) is 1. The van der Waals surface area contributed by atoms with Gasteiger partial charge in [0.2, 0.25) is 0 Å². The highest BCUT2D eigenvalue weighted by atomic mass is 32.2. The molecule has 0 aromatic heterocycles. The molecule has 0 atom stereocenters. The van der Waals surface area contributed by atoms with Gasteiger partial charge in [0.15, 0.2) is 0 Å². The molecule has 1 rings (SSSR count). The summed E-state index contributed by atoms with van der Waals surface area (Å²) in [5.74, 6) is 2.62. The molecule has 0 saturated carbocycles. The molecule has 0 spiro atoms. The van der Waals surface area contributed by atoms with Gasteiger partial charge < -0.3 is 4.48 Å². The Balaban J connectivity index is 2.34. The zero-order chi connectivity index (χ0) is 9.90. The molecule has 0 aromatic carbocycles. The van der Waals surface area contributed by atoms with E-state index in [-0.39, 0.29) is 0 Å². The van der Waals surface area contributed by atoms with Crippen LogP contribution in [0, 0.1) is 5.92 Å². The van der Waals surface area contributed by atoms with Crippen LogP contribution < -0.4 is 0 Å². The van der Waals surface area contributed by atoms with Crippen molar-refractivity contribution >= 4 is 10.8 Å². The molecule has 3 heteroatoms. The van der Waals surface area contributed by atoms with Crippen LogP contribution in [0.25, 0.3) is 0 Å². The van der Waals surface area contributed by atoms with Gasteiger partial charge in [0, 0.05) is 10.8 Å². The van der Waals surface area contributed by atoms with Gasteiger partial charge in [-0.05, 0) is 12.3 Å². The molecule has 1 aliphatic rings. The predicted octanol–water partition coefficient (Wildman–Crippen LogP) is 1.24. The van der Waals surface area contributed by atoms with Crippen LogP contribution >= 0.6 is 0 Å². The molecule has 0 radical (unpaired) electrons. The lowest BCUT2D eigenvalue weighted by Gasteiger charge is -2.37. The zero-order valence-electron chi connectivity index (χ0n) is 9.08. The van der Waals surface area contributed by atoms with Gasteiger partial charge in [0.1, 0.15) is 0 Å². The minimum atomic E-state index is -0.517. The third-order valence-electron chi connectivity index (χ3n) is 2.96. The number of nitrogens with zero attached hydrogens (tertiary/aromatic N) is 1. The van der Waals surface area contributed by atoms with Crippen molar-refractivity contribution in [2.24, 2.45) is 5.92 Å². The normalized spacial score (nSPS) is 35.2. The maximum atomic E-state index is 11.2. The summed E-state index contributed by atoms with van der Waals surface area (Å²) in [5.41, 5.74) is 0. The minimum Gasteiger partial charge on any atom is -0.325 e. The van der Waals surface area contributed by atoms with Crippen molar-refractivity contribution in [3.8, 4) is 0 Å². The molecule has 0 aliphatic carbocycles. The second-order valence-corrected chi connectivity index (χ2v) is 6.52. The van der Waals surface area contributed by atoms with Gasteiger partial charge in [-0.2, -0.15) is 0 Å². The molecule has 0 N–H and O–H groups in total. The largest absolute Gasteiger partial charge is 0.325 e. The summed E-state index contributed by atoms with van der Waals surface area (Å²) >= 11 is 0. The van der Waals surface area contributed by atoms with E-state index in [4.69, 9.17) is 0 Å². The summed E-state index contributed by atoms with van der Waals surface area (Å²) in [6.07, 6.45) is 1.29.